The Balaban J connectivity index is 2.75. The molecule has 0 radical (unpaired) electrons. The Morgan fingerprint density at radius 1 is 1.29 bits per heavy atom. The van der Waals surface area contributed by atoms with E-state index in [2.05, 4.69) is 20.8 Å². The Bertz CT molecular complexity index is 474. The van der Waals surface area contributed by atoms with E-state index in [1.165, 1.54) is 7.11 Å². The van der Waals surface area contributed by atoms with Crippen LogP contribution in [-0.4, -0.2) is 41.8 Å². The third kappa shape index (κ3) is 5.37. The van der Waals surface area contributed by atoms with Crippen LogP contribution in [0.4, 0.5) is 5.82 Å². The van der Waals surface area contributed by atoms with Crippen LogP contribution in [0.3, 0.4) is 0 Å². The summed E-state index contributed by atoms with van der Waals surface area (Å²) in [5.41, 5.74) is 0.237. The van der Waals surface area contributed by atoms with Gasteiger partial charge in [0.2, 0.25) is 0 Å². The summed E-state index contributed by atoms with van der Waals surface area (Å²) in [5.74, 6) is 0.129. The first kappa shape index (κ1) is 16.9. The number of ether oxygens (including phenoxy) is 1. The van der Waals surface area contributed by atoms with Crippen LogP contribution in [0, 0.1) is 5.92 Å². The molecular weight excluding hydrogens is 272 g/mol. The summed E-state index contributed by atoms with van der Waals surface area (Å²) in [6, 6.07) is 2.69. The predicted molar refractivity (Wildman–Crippen MR) is 78.9 cm³/mol. The summed E-state index contributed by atoms with van der Waals surface area (Å²) in [6.45, 7) is 6.39. The van der Waals surface area contributed by atoms with E-state index in [0.29, 0.717) is 24.7 Å². The number of amides is 1. The molecule has 0 fully saturated rings. The second-order valence-corrected chi connectivity index (χ2v) is 5.01. The van der Waals surface area contributed by atoms with Crippen molar-refractivity contribution in [1.82, 2.24) is 15.5 Å². The molecule has 1 aromatic heterocycles. The number of nitrogens with zero attached hydrogens (tertiary/aromatic N) is 2. The maximum atomic E-state index is 11.7. The van der Waals surface area contributed by atoms with Gasteiger partial charge >= 0.3 is 5.97 Å². The van der Waals surface area contributed by atoms with E-state index in [-0.39, 0.29) is 17.6 Å². The highest BCUT2D eigenvalue weighted by Crippen LogP contribution is 2.12. The zero-order valence-corrected chi connectivity index (χ0v) is 12.8. The van der Waals surface area contributed by atoms with Gasteiger partial charge in [-0.2, -0.15) is 0 Å². The molecule has 0 aromatic carbocycles. The molecule has 0 aliphatic rings. The van der Waals surface area contributed by atoms with Gasteiger partial charge < -0.3 is 15.4 Å². The number of carbonyl (C=O) groups excluding carboxylic acids is 2. The number of hydrogen-bond acceptors (Lipinski definition) is 6. The maximum Gasteiger partial charge on any atom is 0.328 e. The standard InChI is InChI=1S/C14H22N4O3/c1-5-15-13(19)10-6-7-12(18-17-10)16-11(8-9(2)3)14(20)21-4/h6-7,9,11H,5,8H2,1-4H3,(H,15,19)(H,16,18). The van der Waals surface area contributed by atoms with Crippen LogP contribution in [-0.2, 0) is 9.53 Å². The molecule has 0 bridgehead atoms. The molecule has 0 saturated carbocycles. The molecule has 1 unspecified atom stereocenters. The molecule has 0 aliphatic carbocycles. The smallest absolute Gasteiger partial charge is 0.328 e. The van der Waals surface area contributed by atoms with E-state index in [9.17, 15) is 9.59 Å². The average molecular weight is 294 g/mol. The van der Waals surface area contributed by atoms with Gasteiger partial charge in [0, 0.05) is 6.54 Å². The summed E-state index contributed by atoms with van der Waals surface area (Å²) in [7, 11) is 1.35. The lowest BCUT2D eigenvalue weighted by Gasteiger charge is -2.18. The topological polar surface area (TPSA) is 93.2 Å². The van der Waals surface area contributed by atoms with E-state index in [4.69, 9.17) is 4.74 Å². The molecule has 0 spiro atoms. The minimum Gasteiger partial charge on any atom is -0.467 e. The normalized spacial score (nSPS) is 11.9. The van der Waals surface area contributed by atoms with Gasteiger partial charge in [-0.05, 0) is 31.4 Å². The monoisotopic (exact) mass is 294 g/mol. The number of aromatic nitrogens is 2. The molecule has 116 valence electrons. The van der Waals surface area contributed by atoms with Crippen molar-refractivity contribution in [2.75, 3.05) is 19.0 Å². The van der Waals surface area contributed by atoms with Crippen molar-refractivity contribution in [3.63, 3.8) is 0 Å². The van der Waals surface area contributed by atoms with Gasteiger partial charge in [0.05, 0.1) is 7.11 Å². The predicted octanol–water partition coefficient (Wildman–Crippen LogP) is 1.23. The highest BCUT2D eigenvalue weighted by atomic mass is 16.5. The van der Waals surface area contributed by atoms with Crippen LogP contribution in [0.2, 0.25) is 0 Å². The second kappa shape index (κ2) is 8.18. The summed E-state index contributed by atoms with van der Waals surface area (Å²) in [6.07, 6.45) is 0.617. The molecule has 0 aliphatic heterocycles. The van der Waals surface area contributed by atoms with Crippen LogP contribution >= 0.6 is 0 Å². The number of carbonyl (C=O) groups is 2. The molecular formula is C14H22N4O3. The number of esters is 1. The first-order chi connectivity index (χ1) is 9.97. The third-order valence-electron chi connectivity index (χ3n) is 2.75. The van der Waals surface area contributed by atoms with Crippen molar-refractivity contribution in [1.29, 1.82) is 0 Å². The molecule has 0 saturated heterocycles. The molecule has 7 heteroatoms. The largest absolute Gasteiger partial charge is 0.467 e. The Morgan fingerprint density at radius 2 is 2.00 bits per heavy atom. The SMILES string of the molecule is CCNC(=O)c1ccc(NC(CC(C)C)C(=O)OC)nn1. The van der Waals surface area contributed by atoms with Crippen LogP contribution in [0.25, 0.3) is 0 Å². The summed E-state index contributed by atoms with van der Waals surface area (Å²) < 4.78 is 4.77. The number of anilines is 1. The minimum atomic E-state index is -0.486. The van der Waals surface area contributed by atoms with Gasteiger partial charge in [-0.15, -0.1) is 10.2 Å². The van der Waals surface area contributed by atoms with Crippen molar-refractivity contribution in [3.05, 3.63) is 17.8 Å². The first-order valence-corrected chi connectivity index (χ1v) is 6.94. The van der Waals surface area contributed by atoms with Crippen molar-refractivity contribution in [2.24, 2.45) is 5.92 Å². The lowest BCUT2D eigenvalue weighted by atomic mass is 10.0. The molecule has 1 atom stereocenters. The van der Waals surface area contributed by atoms with Crippen LogP contribution in [0.15, 0.2) is 12.1 Å². The highest BCUT2D eigenvalue weighted by molar-refractivity contribution is 5.92. The Labute approximate surface area is 124 Å². The van der Waals surface area contributed by atoms with Gasteiger partial charge in [-0.25, -0.2) is 4.79 Å². The van der Waals surface area contributed by atoms with Gasteiger partial charge in [-0.3, -0.25) is 4.79 Å². The van der Waals surface area contributed by atoms with Crippen molar-refractivity contribution in [2.45, 2.75) is 33.2 Å². The van der Waals surface area contributed by atoms with Crippen LogP contribution in [0.5, 0.6) is 0 Å². The summed E-state index contributed by atoms with van der Waals surface area (Å²) >= 11 is 0. The Kier molecular flexibility index (Phi) is 6.58. The fourth-order valence-electron chi connectivity index (χ4n) is 1.79. The quantitative estimate of drug-likeness (QED) is 0.735. The average Bonchev–Trinajstić information content (AvgIpc) is 2.46. The van der Waals surface area contributed by atoms with E-state index >= 15 is 0 Å². The molecule has 1 heterocycles. The molecule has 7 nitrogen and oxygen atoms in total. The van der Waals surface area contributed by atoms with E-state index in [1.54, 1.807) is 12.1 Å². The number of rotatable bonds is 7. The number of hydrogen-bond donors (Lipinski definition) is 2. The van der Waals surface area contributed by atoms with Gasteiger partial charge in [0.1, 0.15) is 11.9 Å². The van der Waals surface area contributed by atoms with E-state index < -0.39 is 6.04 Å². The summed E-state index contributed by atoms with van der Waals surface area (Å²) in [5, 5.41) is 13.4. The Morgan fingerprint density at radius 3 is 2.48 bits per heavy atom. The molecule has 2 N–H and O–H groups in total. The molecule has 1 rings (SSSR count). The first-order valence-electron chi connectivity index (χ1n) is 6.94. The lowest BCUT2D eigenvalue weighted by Crippen LogP contribution is -2.32. The fourth-order valence-corrected chi connectivity index (χ4v) is 1.79. The van der Waals surface area contributed by atoms with Crippen molar-refractivity contribution < 1.29 is 14.3 Å². The molecule has 1 amide bonds. The third-order valence-corrected chi connectivity index (χ3v) is 2.75. The van der Waals surface area contributed by atoms with Gasteiger partial charge in [0.25, 0.3) is 5.91 Å². The van der Waals surface area contributed by atoms with Gasteiger partial charge in [-0.1, -0.05) is 13.8 Å². The van der Waals surface area contributed by atoms with Crippen molar-refractivity contribution in [3.8, 4) is 0 Å². The maximum absolute atomic E-state index is 11.7. The second-order valence-electron chi connectivity index (χ2n) is 5.01. The zero-order chi connectivity index (χ0) is 15.8. The van der Waals surface area contributed by atoms with Crippen LogP contribution in [0.1, 0.15) is 37.7 Å². The highest BCUT2D eigenvalue weighted by Gasteiger charge is 2.21. The fraction of sp³-hybridized carbons (Fsp3) is 0.571. The minimum absolute atomic E-state index is 0.237. The van der Waals surface area contributed by atoms with E-state index in [0.717, 1.165) is 0 Å². The van der Waals surface area contributed by atoms with E-state index in [1.807, 2.05) is 20.8 Å². The number of nitrogens with one attached hydrogen (secondary N) is 2. The Hall–Kier alpha value is -2.18. The van der Waals surface area contributed by atoms with Crippen molar-refractivity contribution >= 4 is 17.7 Å². The van der Waals surface area contributed by atoms with Crippen LogP contribution < -0.4 is 10.6 Å². The molecule has 1 aromatic rings. The van der Waals surface area contributed by atoms with Gasteiger partial charge in [0.15, 0.2) is 5.69 Å². The lowest BCUT2D eigenvalue weighted by molar-refractivity contribution is -0.141. The molecule has 21 heavy (non-hydrogen) atoms. The summed E-state index contributed by atoms with van der Waals surface area (Å²) in [4.78, 5) is 23.3. The number of methoxy groups -OCH3 is 1. The zero-order valence-electron chi connectivity index (χ0n) is 12.8.